The molecular weight excluding hydrogens is 228 g/mol. The van der Waals surface area contributed by atoms with E-state index in [0.29, 0.717) is 18.9 Å². The fourth-order valence-corrected chi connectivity index (χ4v) is 2.42. The molecule has 0 saturated carbocycles. The Labute approximate surface area is 110 Å². The third-order valence-corrected chi connectivity index (χ3v) is 3.77. The molecule has 1 heterocycles. The maximum atomic E-state index is 12.5. The summed E-state index contributed by atoms with van der Waals surface area (Å²) in [7, 11) is 0. The van der Waals surface area contributed by atoms with Gasteiger partial charge in [-0.15, -0.1) is 0 Å². The van der Waals surface area contributed by atoms with Crippen molar-refractivity contribution >= 4 is 11.8 Å². The van der Waals surface area contributed by atoms with Crippen LogP contribution in [-0.2, 0) is 9.59 Å². The van der Waals surface area contributed by atoms with Gasteiger partial charge in [-0.2, -0.15) is 0 Å². The molecule has 1 fully saturated rings. The number of nitrogens with one attached hydrogen (secondary N) is 1. The van der Waals surface area contributed by atoms with E-state index in [1.165, 1.54) is 0 Å². The molecule has 4 nitrogen and oxygen atoms in total. The number of amides is 2. The van der Waals surface area contributed by atoms with Gasteiger partial charge < -0.3 is 10.2 Å². The Hall–Kier alpha value is -1.06. The van der Waals surface area contributed by atoms with Crippen LogP contribution in [0.5, 0.6) is 0 Å². The average molecular weight is 254 g/mol. The molecule has 4 heteroatoms. The summed E-state index contributed by atoms with van der Waals surface area (Å²) in [6.45, 7) is 10.6. The first-order chi connectivity index (χ1) is 8.36. The molecular formula is C14H26N2O2. The highest BCUT2D eigenvalue weighted by Gasteiger charge is 2.47. The first-order valence-corrected chi connectivity index (χ1v) is 6.99. The van der Waals surface area contributed by atoms with E-state index in [1.807, 2.05) is 20.8 Å². The van der Waals surface area contributed by atoms with Crippen molar-refractivity contribution in [3.05, 3.63) is 0 Å². The minimum Gasteiger partial charge on any atom is -0.342 e. The van der Waals surface area contributed by atoms with E-state index in [1.54, 1.807) is 4.90 Å². The average Bonchev–Trinajstić information content (AvgIpc) is 2.31. The van der Waals surface area contributed by atoms with Gasteiger partial charge >= 0.3 is 0 Å². The molecule has 1 aliphatic heterocycles. The molecule has 18 heavy (non-hydrogen) atoms. The molecule has 104 valence electrons. The lowest BCUT2D eigenvalue weighted by atomic mass is 9.88. The maximum Gasteiger partial charge on any atom is 0.246 e. The second-order valence-electron chi connectivity index (χ2n) is 5.78. The number of nitrogens with zero attached hydrogens (tertiary/aromatic N) is 1. The van der Waals surface area contributed by atoms with E-state index >= 15 is 0 Å². The van der Waals surface area contributed by atoms with Gasteiger partial charge in [0.15, 0.2) is 0 Å². The van der Waals surface area contributed by atoms with Crippen LogP contribution >= 0.6 is 0 Å². The van der Waals surface area contributed by atoms with Gasteiger partial charge in [0.25, 0.3) is 0 Å². The first kappa shape index (κ1) is 15.0. The summed E-state index contributed by atoms with van der Waals surface area (Å²) in [6.07, 6.45) is 2.27. The van der Waals surface area contributed by atoms with Crippen LogP contribution in [-0.4, -0.2) is 34.8 Å². The Bertz CT molecular complexity index is 328. The minimum absolute atomic E-state index is 0.0105. The quantitative estimate of drug-likeness (QED) is 0.815. The van der Waals surface area contributed by atoms with E-state index < -0.39 is 5.54 Å². The van der Waals surface area contributed by atoms with Crippen LogP contribution < -0.4 is 5.32 Å². The van der Waals surface area contributed by atoms with Gasteiger partial charge in [0.05, 0.1) is 0 Å². The lowest BCUT2D eigenvalue weighted by Gasteiger charge is -2.46. The van der Waals surface area contributed by atoms with Crippen molar-refractivity contribution in [3.63, 3.8) is 0 Å². The van der Waals surface area contributed by atoms with Crippen molar-refractivity contribution < 1.29 is 9.59 Å². The van der Waals surface area contributed by atoms with Crippen LogP contribution in [0.15, 0.2) is 0 Å². The Morgan fingerprint density at radius 3 is 2.39 bits per heavy atom. The number of carbonyl (C=O) groups excluding carboxylic acids is 2. The minimum atomic E-state index is -0.689. The summed E-state index contributed by atoms with van der Waals surface area (Å²) >= 11 is 0. The molecule has 2 amide bonds. The Morgan fingerprint density at radius 1 is 1.33 bits per heavy atom. The van der Waals surface area contributed by atoms with Crippen molar-refractivity contribution in [3.8, 4) is 0 Å². The van der Waals surface area contributed by atoms with Crippen LogP contribution in [0.4, 0.5) is 0 Å². The number of rotatable bonds is 5. The summed E-state index contributed by atoms with van der Waals surface area (Å²) in [5.41, 5.74) is -0.689. The molecule has 1 aliphatic rings. The molecule has 0 bridgehead atoms. The molecule has 1 saturated heterocycles. The zero-order chi connectivity index (χ0) is 13.9. The largest absolute Gasteiger partial charge is 0.342 e. The van der Waals surface area contributed by atoms with Crippen molar-refractivity contribution in [2.75, 3.05) is 6.54 Å². The van der Waals surface area contributed by atoms with Gasteiger partial charge in [-0.3, -0.25) is 9.59 Å². The zero-order valence-electron chi connectivity index (χ0n) is 12.2. The normalized spacial score (nSPS) is 28.8. The molecule has 2 unspecified atom stereocenters. The van der Waals surface area contributed by atoms with E-state index in [-0.39, 0.29) is 17.9 Å². The molecule has 0 aromatic heterocycles. The van der Waals surface area contributed by atoms with Crippen LogP contribution in [0.1, 0.15) is 53.9 Å². The van der Waals surface area contributed by atoms with Crippen molar-refractivity contribution in [1.82, 2.24) is 10.2 Å². The predicted octanol–water partition coefficient (Wildman–Crippen LogP) is 1.94. The van der Waals surface area contributed by atoms with Crippen LogP contribution in [0, 0.1) is 5.92 Å². The standard InChI is InChI=1S/C14H26N2O2/c1-6-8-11-12(17)16(9-10(3)4)14(5,7-2)13(18)15-11/h10-11H,6-9H2,1-5H3,(H,15,18). The molecule has 0 spiro atoms. The molecule has 0 aliphatic carbocycles. The van der Waals surface area contributed by atoms with Gasteiger partial charge in [-0.05, 0) is 25.7 Å². The Kier molecular flexibility index (Phi) is 4.77. The zero-order valence-corrected chi connectivity index (χ0v) is 12.2. The molecule has 1 N–H and O–H groups in total. The Morgan fingerprint density at radius 2 is 1.94 bits per heavy atom. The number of hydrogen-bond acceptors (Lipinski definition) is 2. The van der Waals surface area contributed by atoms with Crippen LogP contribution in [0.3, 0.4) is 0 Å². The summed E-state index contributed by atoms with van der Waals surface area (Å²) in [6, 6.07) is -0.333. The van der Waals surface area contributed by atoms with Crippen molar-refractivity contribution in [2.24, 2.45) is 5.92 Å². The first-order valence-electron chi connectivity index (χ1n) is 6.99. The molecule has 1 rings (SSSR count). The van der Waals surface area contributed by atoms with E-state index in [2.05, 4.69) is 19.2 Å². The topological polar surface area (TPSA) is 49.4 Å². The third-order valence-electron chi connectivity index (χ3n) is 3.77. The number of carbonyl (C=O) groups is 2. The predicted molar refractivity (Wildman–Crippen MR) is 72.1 cm³/mol. The fourth-order valence-electron chi connectivity index (χ4n) is 2.42. The van der Waals surface area contributed by atoms with Gasteiger partial charge in [0, 0.05) is 6.54 Å². The number of piperazine rings is 1. The summed E-state index contributed by atoms with van der Waals surface area (Å²) in [5.74, 6) is 0.436. The monoisotopic (exact) mass is 254 g/mol. The van der Waals surface area contributed by atoms with E-state index in [4.69, 9.17) is 0 Å². The third kappa shape index (κ3) is 2.68. The van der Waals surface area contributed by atoms with Crippen LogP contribution in [0.2, 0.25) is 0 Å². The van der Waals surface area contributed by atoms with Gasteiger partial charge in [0.1, 0.15) is 11.6 Å². The SMILES string of the molecule is CCCC1NC(=O)C(C)(CC)N(CC(C)C)C1=O. The van der Waals surface area contributed by atoms with Gasteiger partial charge in [0.2, 0.25) is 11.8 Å². The molecule has 2 atom stereocenters. The lowest BCUT2D eigenvalue weighted by molar-refractivity contribution is -0.157. The highest BCUT2D eigenvalue weighted by molar-refractivity contribution is 5.99. The fraction of sp³-hybridized carbons (Fsp3) is 0.857. The molecule has 0 aromatic carbocycles. The maximum absolute atomic E-state index is 12.5. The molecule has 0 radical (unpaired) electrons. The van der Waals surface area contributed by atoms with Crippen molar-refractivity contribution in [2.45, 2.75) is 65.5 Å². The smallest absolute Gasteiger partial charge is 0.246 e. The van der Waals surface area contributed by atoms with E-state index in [9.17, 15) is 9.59 Å². The summed E-state index contributed by atoms with van der Waals surface area (Å²) in [5, 5.41) is 2.88. The lowest BCUT2D eigenvalue weighted by Crippen LogP contribution is -2.69. The van der Waals surface area contributed by atoms with E-state index in [0.717, 1.165) is 12.8 Å². The second-order valence-corrected chi connectivity index (χ2v) is 5.78. The van der Waals surface area contributed by atoms with Gasteiger partial charge in [-0.25, -0.2) is 0 Å². The summed E-state index contributed by atoms with van der Waals surface area (Å²) in [4.78, 5) is 26.5. The highest BCUT2D eigenvalue weighted by atomic mass is 16.2. The number of hydrogen-bond donors (Lipinski definition) is 1. The molecule has 0 aromatic rings. The second kappa shape index (κ2) is 5.72. The van der Waals surface area contributed by atoms with Crippen LogP contribution in [0.25, 0.3) is 0 Å². The Balaban J connectivity index is 3.01. The summed E-state index contributed by atoms with van der Waals surface area (Å²) < 4.78 is 0. The highest BCUT2D eigenvalue weighted by Crippen LogP contribution is 2.27. The van der Waals surface area contributed by atoms with Crippen molar-refractivity contribution in [1.29, 1.82) is 0 Å². The van der Waals surface area contributed by atoms with Gasteiger partial charge in [-0.1, -0.05) is 34.1 Å².